The van der Waals surface area contributed by atoms with Crippen LogP contribution in [0.25, 0.3) is 0 Å². The van der Waals surface area contributed by atoms with Gasteiger partial charge in [-0.25, -0.2) is 4.79 Å². The van der Waals surface area contributed by atoms with Gasteiger partial charge in [0.15, 0.2) is 5.82 Å². The number of aromatic nitrogens is 1. The average Bonchev–Trinajstić information content (AvgIpc) is 2.67. The smallest absolute Gasteiger partial charge is 0.344 e. The number of esters is 1. The lowest BCUT2D eigenvalue weighted by molar-refractivity contribution is 0.0529. The largest absolute Gasteiger partial charge is 0.462 e. The van der Waals surface area contributed by atoms with Crippen molar-refractivity contribution in [1.82, 2.24) is 4.37 Å². The quantitative estimate of drug-likeness (QED) is 0.658. The second kappa shape index (κ2) is 6.41. The van der Waals surface area contributed by atoms with E-state index in [4.69, 9.17) is 15.6 Å². The van der Waals surface area contributed by atoms with Crippen LogP contribution in [0.2, 0.25) is 0 Å². The molecule has 1 rings (SSSR count). The summed E-state index contributed by atoms with van der Waals surface area (Å²) in [5.74, 6) is -0.209. The molecule has 0 aliphatic rings. The van der Waals surface area contributed by atoms with Gasteiger partial charge in [-0.15, -0.1) is 0 Å². The van der Waals surface area contributed by atoms with Gasteiger partial charge in [0.25, 0.3) is 0 Å². The van der Waals surface area contributed by atoms with Gasteiger partial charge in [0.2, 0.25) is 0 Å². The second-order valence-electron chi connectivity index (χ2n) is 3.66. The van der Waals surface area contributed by atoms with Crippen LogP contribution in [0.1, 0.15) is 24.2 Å². The van der Waals surface area contributed by atoms with Crippen LogP contribution < -0.4 is 11.1 Å². The predicted molar refractivity (Wildman–Crippen MR) is 67.2 cm³/mol. The van der Waals surface area contributed by atoms with Gasteiger partial charge in [0, 0.05) is 13.2 Å². The summed E-state index contributed by atoms with van der Waals surface area (Å²) in [4.78, 5) is 11.6. The molecule has 96 valence electrons. The Kier molecular flexibility index (Phi) is 5.17. The lowest BCUT2D eigenvalue weighted by Crippen LogP contribution is -2.16. The van der Waals surface area contributed by atoms with Gasteiger partial charge < -0.3 is 20.9 Å². The molecular formula is C10H17N3O3S. The summed E-state index contributed by atoms with van der Waals surface area (Å²) in [6, 6.07) is 0. The maximum absolute atomic E-state index is 11.6. The van der Waals surface area contributed by atoms with E-state index in [9.17, 15) is 4.79 Å². The van der Waals surface area contributed by atoms with Crippen molar-refractivity contribution in [2.45, 2.75) is 13.8 Å². The number of carbonyl (C=O) groups excluding carboxylic acids is 1. The normalized spacial score (nSPS) is 12.2. The lowest BCUT2D eigenvalue weighted by Gasteiger charge is -2.10. The van der Waals surface area contributed by atoms with Crippen molar-refractivity contribution in [3.8, 4) is 0 Å². The molecule has 0 bridgehead atoms. The lowest BCUT2D eigenvalue weighted by atomic mass is 10.2. The van der Waals surface area contributed by atoms with Gasteiger partial charge in [-0.2, -0.15) is 4.37 Å². The van der Waals surface area contributed by atoms with Gasteiger partial charge in [0.1, 0.15) is 10.6 Å². The van der Waals surface area contributed by atoms with E-state index in [0.717, 1.165) is 11.5 Å². The molecule has 6 nitrogen and oxygen atoms in total. The summed E-state index contributed by atoms with van der Waals surface area (Å²) < 4.78 is 8.82. The molecule has 0 aliphatic heterocycles. The highest BCUT2D eigenvalue weighted by molar-refractivity contribution is 7.11. The highest BCUT2D eigenvalue weighted by Crippen LogP contribution is 2.27. The van der Waals surface area contributed by atoms with Crippen LogP contribution in [0.3, 0.4) is 0 Å². The number of anilines is 2. The van der Waals surface area contributed by atoms with Crippen molar-refractivity contribution >= 4 is 28.3 Å². The molecular weight excluding hydrogens is 242 g/mol. The number of hydrogen-bond donors (Lipinski definition) is 3. The number of nitrogens with one attached hydrogen (secondary N) is 1. The van der Waals surface area contributed by atoms with Crippen LogP contribution in [-0.2, 0) is 4.74 Å². The van der Waals surface area contributed by atoms with E-state index in [1.807, 2.05) is 6.92 Å². The topological polar surface area (TPSA) is 97.5 Å². The summed E-state index contributed by atoms with van der Waals surface area (Å²) in [5.41, 5.74) is 5.90. The molecule has 0 radical (unpaired) electrons. The van der Waals surface area contributed by atoms with Gasteiger partial charge in [-0.1, -0.05) is 6.92 Å². The second-order valence-corrected chi connectivity index (χ2v) is 4.43. The first-order valence-corrected chi connectivity index (χ1v) is 6.14. The van der Waals surface area contributed by atoms with Gasteiger partial charge >= 0.3 is 5.97 Å². The maximum Gasteiger partial charge on any atom is 0.344 e. The Morgan fingerprint density at radius 2 is 2.41 bits per heavy atom. The highest BCUT2D eigenvalue weighted by Gasteiger charge is 2.20. The molecule has 1 aromatic heterocycles. The van der Waals surface area contributed by atoms with Crippen molar-refractivity contribution in [1.29, 1.82) is 0 Å². The molecule has 1 atom stereocenters. The minimum Gasteiger partial charge on any atom is -0.462 e. The maximum atomic E-state index is 11.6. The molecule has 17 heavy (non-hydrogen) atoms. The average molecular weight is 259 g/mol. The van der Waals surface area contributed by atoms with E-state index in [-0.39, 0.29) is 23.9 Å². The molecule has 0 aromatic carbocycles. The number of aliphatic hydroxyl groups is 1. The Morgan fingerprint density at radius 3 is 3.00 bits per heavy atom. The van der Waals surface area contributed by atoms with Crippen molar-refractivity contribution in [3.63, 3.8) is 0 Å². The van der Waals surface area contributed by atoms with Crippen molar-refractivity contribution < 1.29 is 14.6 Å². The SMILES string of the molecule is CCOC(=O)c1c(N)nsc1NCC(C)CO. The number of rotatable bonds is 6. The molecule has 0 fully saturated rings. The van der Waals surface area contributed by atoms with E-state index >= 15 is 0 Å². The first-order chi connectivity index (χ1) is 8.10. The first kappa shape index (κ1) is 13.7. The Hall–Kier alpha value is -1.34. The zero-order valence-corrected chi connectivity index (χ0v) is 10.7. The summed E-state index contributed by atoms with van der Waals surface area (Å²) in [7, 11) is 0. The standard InChI is InChI=1S/C10H17N3O3S/c1-3-16-10(15)7-8(11)13-17-9(7)12-4-6(2)5-14/h6,12,14H,3-5H2,1-2H3,(H2,11,13). The Bertz CT molecular complexity index is 381. The molecule has 0 saturated heterocycles. The zero-order chi connectivity index (χ0) is 12.8. The van der Waals surface area contributed by atoms with Crippen LogP contribution in [-0.4, -0.2) is 35.2 Å². The van der Waals surface area contributed by atoms with Crippen molar-refractivity contribution in [3.05, 3.63) is 5.56 Å². The van der Waals surface area contributed by atoms with E-state index in [0.29, 0.717) is 18.2 Å². The number of nitrogen functional groups attached to an aromatic ring is 1. The zero-order valence-electron chi connectivity index (χ0n) is 9.90. The first-order valence-electron chi connectivity index (χ1n) is 5.37. The van der Waals surface area contributed by atoms with E-state index in [2.05, 4.69) is 9.69 Å². The summed E-state index contributed by atoms with van der Waals surface area (Å²) in [6.45, 7) is 4.54. The minimum atomic E-state index is -0.474. The summed E-state index contributed by atoms with van der Waals surface area (Å²) >= 11 is 1.11. The van der Waals surface area contributed by atoms with Crippen molar-refractivity contribution in [2.75, 3.05) is 30.8 Å². The molecule has 1 unspecified atom stereocenters. The van der Waals surface area contributed by atoms with Gasteiger partial charge in [0.05, 0.1) is 6.61 Å². The Labute approximate surface area is 104 Å². The van der Waals surface area contributed by atoms with Crippen LogP contribution in [0.5, 0.6) is 0 Å². The molecule has 4 N–H and O–H groups in total. The fraction of sp³-hybridized carbons (Fsp3) is 0.600. The molecule has 0 saturated carbocycles. The van der Waals surface area contributed by atoms with Crippen LogP contribution in [0.4, 0.5) is 10.8 Å². The van der Waals surface area contributed by atoms with Gasteiger partial charge in [-0.05, 0) is 24.4 Å². The monoisotopic (exact) mass is 259 g/mol. The van der Waals surface area contributed by atoms with E-state index in [1.54, 1.807) is 6.92 Å². The predicted octanol–water partition coefficient (Wildman–Crippen LogP) is 0.942. The number of carbonyl (C=O) groups is 1. The van der Waals surface area contributed by atoms with E-state index < -0.39 is 5.97 Å². The van der Waals surface area contributed by atoms with Gasteiger partial charge in [-0.3, -0.25) is 0 Å². The highest BCUT2D eigenvalue weighted by atomic mass is 32.1. The third kappa shape index (κ3) is 3.57. The van der Waals surface area contributed by atoms with Crippen LogP contribution in [0, 0.1) is 5.92 Å². The Morgan fingerprint density at radius 1 is 1.71 bits per heavy atom. The number of aliphatic hydroxyl groups excluding tert-OH is 1. The number of ether oxygens (including phenoxy) is 1. The number of nitrogens with two attached hydrogens (primary N) is 1. The number of hydrogen-bond acceptors (Lipinski definition) is 7. The van der Waals surface area contributed by atoms with Crippen LogP contribution in [0.15, 0.2) is 0 Å². The minimum absolute atomic E-state index is 0.0794. The van der Waals surface area contributed by atoms with Crippen molar-refractivity contribution in [2.24, 2.45) is 5.92 Å². The Balaban J connectivity index is 2.75. The fourth-order valence-electron chi connectivity index (χ4n) is 1.16. The summed E-state index contributed by atoms with van der Waals surface area (Å²) in [5, 5.41) is 12.5. The summed E-state index contributed by atoms with van der Waals surface area (Å²) in [6.07, 6.45) is 0. The molecule has 1 aromatic rings. The number of nitrogens with zero attached hydrogens (tertiary/aromatic N) is 1. The molecule has 0 aliphatic carbocycles. The third-order valence-electron chi connectivity index (χ3n) is 2.12. The third-order valence-corrected chi connectivity index (χ3v) is 2.94. The molecule has 1 heterocycles. The molecule has 0 amide bonds. The molecule has 7 heteroatoms. The van der Waals surface area contributed by atoms with Crippen LogP contribution >= 0.6 is 11.5 Å². The fourth-order valence-corrected chi connectivity index (χ4v) is 1.86. The molecule has 0 spiro atoms. The van der Waals surface area contributed by atoms with E-state index in [1.165, 1.54) is 0 Å².